The average Bonchev–Trinajstić information content (AvgIpc) is 2.36. The van der Waals surface area contributed by atoms with Crippen molar-refractivity contribution in [2.75, 3.05) is 33.4 Å². The van der Waals surface area contributed by atoms with Gasteiger partial charge in [0.05, 0.1) is 13.2 Å². The highest BCUT2D eigenvalue weighted by atomic mass is 35.5. The highest BCUT2D eigenvalue weighted by molar-refractivity contribution is 5.85. The Morgan fingerprint density at radius 3 is 2.28 bits per heavy atom. The predicted octanol–water partition coefficient (Wildman–Crippen LogP) is 2.08. The molecule has 1 rings (SSSR count). The Bertz CT molecular complexity index is 303. The van der Waals surface area contributed by atoms with Crippen LogP contribution >= 0.6 is 12.4 Å². The van der Waals surface area contributed by atoms with E-state index in [-0.39, 0.29) is 12.4 Å². The van der Waals surface area contributed by atoms with Crippen molar-refractivity contribution in [3.63, 3.8) is 0 Å². The van der Waals surface area contributed by atoms with Crippen LogP contribution in [0.1, 0.15) is 18.1 Å². The second kappa shape index (κ2) is 10.3. The van der Waals surface area contributed by atoms with E-state index in [2.05, 4.69) is 43.1 Å². The van der Waals surface area contributed by atoms with Crippen LogP contribution < -0.4 is 5.73 Å². The second-order valence-electron chi connectivity index (χ2n) is 4.31. The third-order valence-corrected chi connectivity index (χ3v) is 2.76. The first-order valence-electron chi connectivity index (χ1n) is 6.30. The van der Waals surface area contributed by atoms with Crippen LogP contribution in [0.2, 0.25) is 0 Å². The third kappa shape index (κ3) is 6.97. The first-order valence-corrected chi connectivity index (χ1v) is 6.30. The normalized spacial score (nSPS) is 10.4. The molecule has 0 saturated heterocycles. The van der Waals surface area contributed by atoms with Gasteiger partial charge in [0.2, 0.25) is 0 Å². The zero-order valence-corrected chi connectivity index (χ0v) is 12.2. The molecule has 1 aromatic carbocycles. The monoisotopic (exact) mass is 272 g/mol. The van der Waals surface area contributed by atoms with E-state index in [0.717, 1.165) is 26.1 Å². The molecule has 104 valence electrons. The number of aryl methyl sites for hydroxylation is 1. The van der Waals surface area contributed by atoms with Crippen molar-refractivity contribution in [2.45, 2.75) is 19.9 Å². The van der Waals surface area contributed by atoms with Crippen LogP contribution in [-0.2, 0) is 17.7 Å². The van der Waals surface area contributed by atoms with Crippen molar-refractivity contribution in [3.05, 3.63) is 35.4 Å². The zero-order valence-electron chi connectivity index (χ0n) is 11.4. The summed E-state index contributed by atoms with van der Waals surface area (Å²) in [7, 11) is 2.11. The van der Waals surface area contributed by atoms with E-state index in [4.69, 9.17) is 10.5 Å². The molecule has 0 aromatic heterocycles. The SMILES string of the molecule is CCc1ccc(CN(C)CCOCCN)cc1.Cl. The van der Waals surface area contributed by atoms with Gasteiger partial charge in [-0.1, -0.05) is 31.2 Å². The van der Waals surface area contributed by atoms with Crippen LogP contribution in [0.4, 0.5) is 0 Å². The van der Waals surface area contributed by atoms with Crippen LogP contribution in [0.3, 0.4) is 0 Å². The van der Waals surface area contributed by atoms with E-state index >= 15 is 0 Å². The van der Waals surface area contributed by atoms with Crippen molar-refractivity contribution in [3.8, 4) is 0 Å². The van der Waals surface area contributed by atoms with E-state index < -0.39 is 0 Å². The van der Waals surface area contributed by atoms with Crippen LogP contribution in [-0.4, -0.2) is 38.3 Å². The lowest BCUT2D eigenvalue weighted by Gasteiger charge is -2.16. The number of nitrogens with two attached hydrogens (primary N) is 1. The number of halogens is 1. The molecule has 18 heavy (non-hydrogen) atoms. The smallest absolute Gasteiger partial charge is 0.0594 e. The largest absolute Gasteiger partial charge is 0.379 e. The highest BCUT2D eigenvalue weighted by Gasteiger charge is 2.00. The van der Waals surface area contributed by atoms with Crippen LogP contribution in [0, 0.1) is 0 Å². The first kappa shape index (κ1) is 17.4. The summed E-state index contributed by atoms with van der Waals surface area (Å²) < 4.78 is 5.36. The first-order chi connectivity index (χ1) is 8.26. The minimum atomic E-state index is 0. The summed E-state index contributed by atoms with van der Waals surface area (Å²) in [5.41, 5.74) is 8.10. The van der Waals surface area contributed by atoms with Gasteiger partial charge in [0, 0.05) is 19.6 Å². The Kier molecular flexibility index (Phi) is 9.98. The summed E-state index contributed by atoms with van der Waals surface area (Å²) in [6.07, 6.45) is 1.10. The summed E-state index contributed by atoms with van der Waals surface area (Å²) in [6.45, 7) is 6.09. The molecule has 3 nitrogen and oxygen atoms in total. The Balaban J connectivity index is 0.00000289. The summed E-state index contributed by atoms with van der Waals surface area (Å²) in [6, 6.07) is 8.81. The van der Waals surface area contributed by atoms with E-state index in [1.807, 2.05) is 0 Å². The molecule has 2 N–H and O–H groups in total. The standard InChI is InChI=1S/C14H24N2O.ClH/c1-3-13-4-6-14(7-5-13)12-16(2)9-11-17-10-8-15;/h4-7H,3,8-12,15H2,1-2H3;1H. The molecule has 4 heteroatoms. The van der Waals surface area contributed by atoms with E-state index in [9.17, 15) is 0 Å². The molecule has 0 unspecified atom stereocenters. The summed E-state index contributed by atoms with van der Waals surface area (Å²) in [4.78, 5) is 2.26. The highest BCUT2D eigenvalue weighted by Crippen LogP contribution is 2.07. The lowest BCUT2D eigenvalue weighted by Crippen LogP contribution is -2.23. The summed E-state index contributed by atoms with van der Waals surface area (Å²) >= 11 is 0. The molecule has 0 spiro atoms. The van der Waals surface area contributed by atoms with E-state index in [1.165, 1.54) is 11.1 Å². The minimum absolute atomic E-state index is 0. The van der Waals surface area contributed by atoms with Gasteiger partial charge < -0.3 is 10.5 Å². The molecule has 0 atom stereocenters. The van der Waals surface area contributed by atoms with Crippen LogP contribution in [0.5, 0.6) is 0 Å². The van der Waals surface area contributed by atoms with E-state index in [1.54, 1.807) is 0 Å². The lowest BCUT2D eigenvalue weighted by molar-refractivity contribution is 0.115. The van der Waals surface area contributed by atoms with Gasteiger partial charge in [0.25, 0.3) is 0 Å². The molecule has 0 fully saturated rings. The molecule has 0 amide bonds. The maximum Gasteiger partial charge on any atom is 0.0594 e. The number of hydrogen-bond acceptors (Lipinski definition) is 3. The zero-order chi connectivity index (χ0) is 12.5. The van der Waals surface area contributed by atoms with Crippen molar-refractivity contribution in [1.82, 2.24) is 4.90 Å². The van der Waals surface area contributed by atoms with Gasteiger partial charge in [0.15, 0.2) is 0 Å². The quantitative estimate of drug-likeness (QED) is 0.737. The third-order valence-electron chi connectivity index (χ3n) is 2.76. The fourth-order valence-electron chi connectivity index (χ4n) is 1.68. The molecular formula is C14H25ClN2O. The lowest BCUT2D eigenvalue weighted by atomic mass is 10.1. The molecular weight excluding hydrogens is 248 g/mol. The molecule has 0 aliphatic rings. The summed E-state index contributed by atoms with van der Waals surface area (Å²) in [5, 5.41) is 0. The molecule has 0 radical (unpaired) electrons. The Morgan fingerprint density at radius 2 is 1.72 bits per heavy atom. The van der Waals surface area contributed by atoms with Crippen LogP contribution in [0.15, 0.2) is 24.3 Å². The van der Waals surface area contributed by atoms with Gasteiger partial charge >= 0.3 is 0 Å². The van der Waals surface area contributed by atoms with Gasteiger partial charge in [-0.15, -0.1) is 12.4 Å². The Morgan fingerprint density at radius 1 is 1.11 bits per heavy atom. The van der Waals surface area contributed by atoms with Crippen molar-refractivity contribution < 1.29 is 4.74 Å². The Hall–Kier alpha value is -0.610. The maximum absolute atomic E-state index is 5.36. The van der Waals surface area contributed by atoms with Gasteiger partial charge in [-0.2, -0.15) is 0 Å². The fourth-order valence-corrected chi connectivity index (χ4v) is 1.68. The van der Waals surface area contributed by atoms with Crippen molar-refractivity contribution in [2.24, 2.45) is 5.73 Å². The maximum atomic E-state index is 5.36. The minimum Gasteiger partial charge on any atom is -0.379 e. The van der Waals surface area contributed by atoms with Crippen molar-refractivity contribution >= 4 is 12.4 Å². The molecule has 1 aromatic rings. The van der Waals surface area contributed by atoms with Crippen LogP contribution in [0.25, 0.3) is 0 Å². The van der Waals surface area contributed by atoms with E-state index in [0.29, 0.717) is 13.2 Å². The van der Waals surface area contributed by atoms with Gasteiger partial charge in [0.1, 0.15) is 0 Å². The van der Waals surface area contributed by atoms with Gasteiger partial charge in [-0.05, 0) is 24.6 Å². The molecule has 0 aliphatic carbocycles. The van der Waals surface area contributed by atoms with Gasteiger partial charge in [-0.25, -0.2) is 0 Å². The number of benzene rings is 1. The molecule has 0 heterocycles. The molecule has 0 saturated carbocycles. The molecule has 0 bridgehead atoms. The topological polar surface area (TPSA) is 38.5 Å². The summed E-state index contributed by atoms with van der Waals surface area (Å²) in [5.74, 6) is 0. The predicted molar refractivity (Wildman–Crippen MR) is 79.3 cm³/mol. The number of hydrogen-bond donors (Lipinski definition) is 1. The average molecular weight is 273 g/mol. The number of nitrogens with zero attached hydrogens (tertiary/aromatic N) is 1. The molecule has 0 aliphatic heterocycles. The van der Waals surface area contributed by atoms with Gasteiger partial charge in [-0.3, -0.25) is 4.90 Å². The fraction of sp³-hybridized carbons (Fsp3) is 0.571. The second-order valence-corrected chi connectivity index (χ2v) is 4.31. The van der Waals surface area contributed by atoms with Crippen molar-refractivity contribution in [1.29, 1.82) is 0 Å². The number of rotatable bonds is 8. The Labute approximate surface area is 117 Å². The number of ether oxygens (including phenoxy) is 1. The number of likely N-dealkylation sites (N-methyl/N-ethyl adjacent to an activating group) is 1.